The minimum Gasteiger partial charge on any atom is -0.476 e. The van der Waals surface area contributed by atoms with E-state index in [1.165, 1.54) is 22.2 Å². The van der Waals surface area contributed by atoms with Crippen molar-refractivity contribution in [1.82, 2.24) is 25.3 Å². The van der Waals surface area contributed by atoms with Crippen molar-refractivity contribution in [2.75, 3.05) is 0 Å². The molecule has 0 aliphatic carbocycles. The smallest absolute Gasteiger partial charge is 0.358 e. The molecule has 1 amide bonds. The first kappa shape index (κ1) is 16.1. The molecule has 2 rings (SSSR count). The van der Waals surface area contributed by atoms with Crippen molar-refractivity contribution >= 4 is 23.2 Å². The van der Waals surface area contributed by atoms with Crippen LogP contribution in [0, 0.1) is 0 Å². The van der Waals surface area contributed by atoms with Gasteiger partial charge in [-0.2, -0.15) is 0 Å². The second kappa shape index (κ2) is 6.22. The van der Waals surface area contributed by atoms with Gasteiger partial charge in [0.05, 0.1) is 18.4 Å². The Morgan fingerprint density at radius 2 is 2.14 bits per heavy atom. The number of carboxylic acid groups (broad SMARTS) is 1. The van der Waals surface area contributed by atoms with E-state index in [1.807, 2.05) is 5.38 Å². The van der Waals surface area contributed by atoms with E-state index in [0.29, 0.717) is 6.54 Å². The number of carboxylic acids is 1. The van der Waals surface area contributed by atoms with E-state index in [1.54, 1.807) is 0 Å². The molecular formula is C13H17N5O3S. The molecule has 0 unspecified atom stereocenters. The quantitative estimate of drug-likeness (QED) is 0.851. The average molecular weight is 323 g/mol. The van der Waals surface area contributed by atoms with Crippen molar-refractivity contribution < 1.29 is 14.7 Å². The van der Waals surface area contributed by atoms with Crippen molar-refractivity contribution in [3.63, 3.8) is 0 Å². The van der Waals surface area contributed by atoms with Gasteiger partial charge in [-0.1, -0.05) is 26.0 Å². The number of nitrogens with zero attached hydrogens (tertiary/aromatic N) is 4. The maximum Gasteiger partial charge on any atom is 0.358 e. The molecule has 0 aliphatic rings. The van der Waals surface area contributed by atoms with Gasteiger partial charge in [-0.05, 0) is 0 Å². The molecule has 0 saturated heterocycles. The van der Waals surface area contributed by atoms with Gasteiger partial charge in [-0.15, -0.1) is 16.4 Å². The topological polar surface area (TPSA) is 110 Å². The van der Waals surface area contributed by atoms with E-state index in [9.17, 15) is 9.59 Å². The lowest BCUT2D eigenvalue weighted by atomic mass is 9.93. The normalized spacial score (nSPS) is 11.4. The van der Waals surface area contributed by atoms with Crippen LogP contribution in [0.5, 0.6) is 0 Å². The lowest BCUT2D eigenvalue weighted by molar-refractivity contribution is -0.122. The highest BCUT2D eigenvalue weighted by Crippen LogP contribution is 2.23. The van der Waals surface area contributed by atoms with Gasteiger partial charge in [0.2, 0.25) is 5.91 Å². The first-order valence-corrected chi connectivity index (χ1v) is 7.48. The summed E-state index contributed by atoms with van der Waals surface area (Å²) in [6.45, 7) is 6.48. The largest absolute Gasteiger partial charge is 0.476 e. The summed E-state index contributed by atoms with van der Waals surface area (Å²) in [6.07, 6.45) is 1.21. The van der Waals surface area contributed by atoms with Gasteiger partial charge in [0.15, 0.2) is 5.69 Å². The zero-order chi connectivity index (χ0) is 16.3. The summed E-state index contributed by atoms with van der Waals surface area (Å²) in [5.74, 6) is -1.46. The molecule has 8 nitrogen and oxygen atoms in total. The molecule has 2 heterocycles. The van der Waals surface area contributed by atoms with Gasteiger partial charge in [0.1, 0.15) is 11.6 Å². The SMILES string of the molecule is CC(C)(C)c1csc(CNC(=O)Cn2cc(C(=O)O)nn2)n1. The van der Waals surface area contributed by atoms with E-state index in [2.05, 4.69) is 41.4 Å². The number of thiazole rings is 1. The number of aromatic nitrogens is 4. The Labute approximate surface area is 131 Å². The second-order valence-electron chi connectivity index (χ2n) is 5.76. The highest BCUT2D eigenvalue weighted by Gasteiger charge is 2.17. The van der Waals surface area contributed by atoms with Gasteiger partial charge >= 0.3 is 5.97 Å². The molecule has 2 aromatic heterocycles. The zero-order valence-corrected chi connectivity index (χ0v) is 13.3. The molecule has 9 heteroatoms. The molecule has 0 bridgehead atoms. The maximum absolute atomic E-state index is 11.8. The number of amides is 1. The summed E-state index contributed by atoms with van der Waals surface area (Å²) in [7, 11) is 0. The molecule has 0 atom stereocenters. The summed E-state index contributed by atoms with van der Waals surface area (Å²) in [5, 5.41) is 21.3. The zero-order valence-electron chi connectivity index (χ0n) is 12.5. The Morgan fingerprint density at radius 1 is 1.41 bits per heavy atom. The monoisotopic (exact) mass is 323 g/mol. The van der Waals surface area contributed by atoms with E-state index >= 15 is 0 Å². The van der Waals surface area contributed by atoms with E-state index in [4.69, 9.17) is 5.11 Å². The molecule has 2 aromatic rings. The van der Waals surface area contributed by atoms with E-state index in [0.717, 1.165) is 10.7 Å². The molecule has 0 fully saturated rings. The molecular weight excluding hydrogens is 306 g/mol. The minimum absolute atomic E-state index is 0.0211. The van der Waals surface area contributed by atoms with Gasteiger partial charge in [-0.3, -0.25) is 4.79 Å². The predicted molar refractivity (Wildman–Crippen MR) is 79.6 cm³/mol. The molecule has 0 radical (unpaired) electrons. The summed E-state index contributed by atoms with van der Waals surface area (Å²) in [5.41, 5.74) is 0.777. The number of carbonyl (C=O) groups excluding carboxylic acids is 1. The fourth-order valence-corrected chi connectivity index (χ4v) is 2.55. The van der Waals surface area contributed by atoms with Crippen LogP contribution in [-0.2, 0) is 23.3 Å². The first-order chi connectivity index (χ1) is 10.3. The van der Waals surface area contributed by atoms with Crippen LogP contribution >= 0.6 is 11.3 Å². The minimum atomic E-state index is -1.18. The fraction of sp³-hybridized carbons (Fsp3) is 0.462. The Kier molecular flexibility index (Phi) is 4.55. The standard InChI is InChI=1S/C13H17N5O3S/c1-13(2,3)9-7-22-11(15-9)4-14-10(19)6-18-5-8(12(20)21)16-17-18/h5,7H,4,6H2,1-3H3,(H,14,19)(H,20,21). The van der Waals surface area contributed by atoms with Crippen molar-refractivity contribution in [2.24, 2.45) is 0 Å². The molecule has 0 saturated carbocycles. The third-order valence-electron chi connectivity index (χ3n) is 2.82. The van der Waals surface area contributed by atoms with Crippen molar-refractivity contribution in [3.8, 4) is 0 Å². The highest BCUT2D eigenvalue weighted by molar-refractivity contribution is 7.09. The highest BCUT2D eigenvalue weighted by atomic mass is 32.1. The number of aromatic carboxylic acids is 1. The Hall–Kier alpha value is -2.29. The number of hydrogen-bond acceptors (Lipinski definition) is 6. The van der Waals surface area contributed by atoms with Crippen molar-refractivity contribution in [2.45, 2.75) is 39.3 Å². The number of nitrogens with one attached hydrogen (secondary N) is 1. The second-order valence-corrected chi connectivity index (χ2v) is 6.70. The van der Waals surface area contributed by atoms with Crippen molar-refractivity contribution in [3.05, 3.63) is 28.0 Å². The van der Waals surface area contributed by atoms with Gasteiger partial charge in [0.25, 0.3) is 0 Å². The van der Waals surface area contributed by atoms with Crippen LogP contribution < -0.4 is 5.32 Å². The Morgan fingerprint density at radius 3 is 2.68 bits per heavy atom. The summed E-state index contributed by atoms with van der Waals surface area (Å²) < 4.78 is 1.18. The molecule has 0 aromatic carbocycles. The van der Waals surface area contributed by atoms with Crippen LogP contribution in [0.1, 0.15) is 42.0 Å². The van der Waals surface area contributed by atoms with Crippen molar-refractivity contribution in [1.29, 1.82) is 0 Å². The third-order valence-corrected chi connectivity index (χ3v) is 3.67. The summed E-state index contributed by atoms with van der Waals surface area (Å²) in [6, 6.07) is 0. The average Bonchev–Trinajstić information content (AvgIpc) is 3.04. The van der Waals surface area contributed by atoms with Crippen LogP contribution in [0.2, 0.25) is 0 Å². The van der Waals surface area contributed by atoms with Crippen LogP contribution in [0.15, 0.2) is 11.6 Å². The lowest BCUT2D eigenvalue weighted by Gasteiger charge is -2.14. The molecule has 2 N–H and O–H groups in total. The van der Waals surface area contributed by atoms with Crippen LogP contribution in [0.25, 0.3) is 0 Å². The number of hydrogen-bond donors (Lipinski definition) is 2. The van der Waals surface area contributed by atoms with E-state index in [-0.39, 0.29) is 23.6 Å². The van der Waals surface area contributed by atoms with Gasteiger partial charge in [-0.25, -0.2) is 14.5 Å². The van der Waals surface area contributed by atoms with Gasteiger partial charge in [0, 0.05) is 10.8 Å². The first-order valence-electron chi connectivity index (χ1n) is 6.60. The van der Waals surface area contributed by atoms with Crippen LogP contribution in [0.3, 0.4) is 0 Å². The fourth-order valence-electron chi connectivity index (χ4n) is 1.59. The molecule has 0 spiro atoms. The van der Waals surface area contributed by atoms with E-state index < -0.39 is 5.97 Å². The lowest BCUT2D eigenvalue weighted by Crippen LogP contribution is -2.27. The summed E-state index contributed by atoms with van der Waals surface area (Å²) in [4.78, 5) is 26.9. The third kappa shape index (κ3) is 4.10. The Bertz CT molecular complexity index is 686. The number of carbonyl (C=O) groups is 2. The number of rotatable bonds is 5. The molecule has 0 aliphatic heterocycles. The molecule has 22 heavy (non-hydrogen) atoms. The Balaban J connectivity index is 1.87. The maximum atomic E-state index is 11.8. The van der Waals surface area contributed by atoms with Crippen LogP contribution in [-0.4, -0.2) is 37.0 Å². The summed E-state index contributed by atoms with van der Waals surface area (Å²) >= 11 is 1.49. The predicted octanol–water partition coefficient (Wildman–Crippen LogP) is 1.05. The molecule has 118 valence electrons. The van der Waals surface area contributed by atoms with Gasteiger partial charge < -0.3 is 10.4 Å². The van der Waals surface area contributed by atoms with Crippen LogP contribution in [0.4, 0.5) is 0 Å².